The Morgan fingerprint density at radius 3 is 2.57 bits per heavy atom. The minimum atomic E-state index is -0.649. The van der Waals surface area contributed by atoms with Crippen molar-refractivity contribution in [1.29, 1.82) is 0 Å². The zero-order chi connectivity index (χ0) is 20.9. The topological polar surface area (TPSA) is 83.4 Å². The van der Waals surface area contributed by atoms with Gasteiger partial charge in [-0.25, -0.2) is 4.79 Å². The normalized spacial score (nSPS) is 14.8. The predicted molar refractivity (Wildman–Crippen MR) is 109 cm³/mol. The molecule has 1 heterocycles. The van der Waals surface area contributed by atoms with Gasteiger partial charge in [-0.05, 0) is 68.0 Å². The van der Waals surface area contributed by atoms with E-state index in [1.54, 1.807) is 25.1 Å². The number of Topliss-reactive ketones (excluding diaryl/α,β-unsaturated/α-hetero) is 1. The lowest BCUT2D eigenvalue weighted by Gasteiger charge is -2.16. The van der Waals surface area contributed by atoms with Crippen molar-refractivity contribution in [1.82, 2.24) is 0 Å². The van der Waals surface area contributed by atoms with Crippen LogP contribution in [0.4, 0.5) is 0 Å². The first-order chi connectivity index (χ1) is 14.6. The van der Waals surface area contributed by atoms with Crippen molar-refractivity contribution in [2.45, 2.75) is 32.6 Å². The van der Waals surface area contributed by atoms with E-state index >= 15 is 0 Å². The Bertz CT molecular complexity index is 997. The standard InChI is InChI=1S/C23H23NO6/c1-15(17-8-9-21-22(11-17)29-14-28-21)24-30-13-23(26)27-12-20(25)19-7-6-16-4-2-3-5-18(16)10-19/h6-11H,2-5,12-14H2,1H3/b24-15+. The number of nitrogens with zero attached hydrogens (tertiary/aromatic N) is 1. The highest BCUT2D eigenvalue weighted by Crippen LogP contribution is 2.32. The van der Waals surface area contributed by atoms with Crippen LogP contribution in [0.15, 0.2) is 41.6 Å². The molecule has 0 aromatic heterocycles. The molecule has 0 radical (unpaired) electrons. The van der Waals surface area contributed by atoms with E-state index in [4.69, 9.17) is 19.0 Å². The Hall–Kier alpha value is -3.35. The molecular formula is C23H23NO6. The molecule has 7 heteroatoms. The van der Waals surface area contributed by atoms with Crippen molar-refractivity contribution in [2.75, 3.05) is 20.0 Å². The number of ketones is 1. The van der Waals surface area contributed by atoms with Gasteiger partial charge < -0.3 is 19.0 Å². The monoisotopic (exact) mass is 409 g/mol. The lowest BCUT2D eigenvalue weighted by atomic mass is 9.90. The average Bonchev–Trinajstić information content (AvgIpc) is 3.25. The maximum atomic E-state index is 12.3. The van der Waals surface area contributed by atoms with Crippen LogP contribution < -0.4 is 9.47 Å². The van der Waals surface area contributed by atoms with Crippen LogP contribution in [-0.4, -0.2) is 37.5 Å². The summed E-state index contributed by atoms with van der Waals surface area (Å²) in [7, 11) is 0. The van der Waals surface area contributed by atoms with Gasteiger partial charge in [0.2, 0.25) is 13.4 Å². The fourth-order valence-electron chi connectivity index (χ4n) is 3.53. The molecular weight excluding hydrogens is 386 g/mol. The van der Waals surface area contributed by atoms with Gasteiger partial charge in [0.05, 0.1) is 5.71 Å². The van der Waals surface area contributed by atoms with Crippen molar-refractivity contribution in [3.63, 3.8) is 0 Å². The number of carbonyl (C=O) groups excluding carboxylic acids is 2. The number of oxime groups is 1. The lowest BCUT2D eigenvalue weighted by Crippen LogP contribution is -2.18. The Morgan fingerprint density at radius 1 is 0.933 bits per heavy atom. The van der Waals surface area contributed by atoms with Crippen LogP contribution in [-0.2, 0) is 27.2 Å². The quantitative estimate of drug-likeness (QED) is 0.301. The van der Waals surface area contributed by atoms with Gasteiger partial charge in [-0.15, -0.1) is 0 Å². The molecule has 2 aromatic rings. The molecule has 2 aliphatic rings. The maximum absolute atomic E-state index is 12.3. The molecule has 0 fully saturated rings. The van der Waals surface area contributed by atoms with Gasteiger partial charge in [-0.1, -0.05) is 17.3 Å². The van der Waals surface area contributed by atoms with Crippen LogP contribution in [0.5, 0.6) is 11.5 Å². The van der Waals surface area contributed by atoms with Crippen LogP contribution in [0.2, 0.25) is 0 Å². The van der Waals surface area contributed by atoms with E-state index < -0.39 is 5.97 Å². The molecule has 0 atom stereocenters. The molecule has 156 valence electrons. The molecule has 0 N–H and O–H groups in total. The van der Waals surface area contributed by atoms with E-state index in [2.05, 4.69) is 5.16 Å². The minimum Gasteiger partial charge on any atom is -0.455 e. The van der Waals surface area contributed by atoms with E-state index in [-0.39, 0.29) is 25.8 Å². The molecule has 0 saturated heterocycles. The number of ether oxygens (including phenoxy) is 3. The summed E-state index contributed by atoms with van der Waals surface area (Å²) in [4.78, 5) is 29.3. The summed E-state index contributed by atoms with van der Waals surface area (Å²) in [5, 5.41) is 3.93. The Morgan fingerprint density at radius 2 is 1.70 bits per heavy atom. The minimum absolute atomic E-state index is 0.196. The molecule has 7 nitrogen and oxygen atoms in total. The fraction of sp³-hybridized carbons (Fsp3) is 0.348. The van der Waals surface area contributed by atoms with Gasteiger partial charge in [0.25, 0.3) is 0 Å². The van der Waals surface area contributed by atoms with E-state index in [9.17, 15) is 9.59 Å². The first kappa shape index (κ1) is 19.9. The third-order valence-electron chi connectivity index (χ3n) is 5.21. The highest BCUT2D eigenvalue weighted by atomic mass is 16.7. The lowest BCUT2D eigenvalue weighted by molar-refractivity contribution is -0.147. The maximum Gasteiger partial charge on any atom is 0.347 e. The molecule has 0 saturated carbocycles. The van der Waals surface area contributed by atoms with Crippen molar-refractivity contribution in [2.24, 2.45) is 5.16 Å². The second-order valence-corrected chi connectivity index (χ2v) is 7.29. The number of hydrogen-bond donors (Lipinski definition) is 0. The molecule has 0 spiro atoms. The predicted octanol–water partition coefficient (Wildman–Crippen LogP) is 3.46. The Kier molecular flexibility index (Phi) is 5.97. The molecule has 0 unspecified atom stereocenters. The van der Waals surface area contributed by atoms with Crippen molar-refractivity contribution >= 4 is 17.5 Å². The van der Waals surface area contributed by atoms with Gasteiger partial charge >= 0.3 is 5.97 Å². The van der Waals surface area contributed by atoms with Crippen LogP contribution in [0, 0.1) is 0 Å². The van der Waals surface area contributed by atoms with Gasteiger partial charge in [0.1, 0.15) is 0 Å². The van der Waals surface area contributed by atoms with E-state index in [0.29, 0.717) is 22.8 Å². The molecule has 4 rings (SSSR count). The second-order valence-electron chi connectivity index (χ2n) is 7.29. The number of esters is 1. The van der Waals surface area contributed by atoms with Crippen LogP contribution >= 0.6 is 0 Å². The van der Waals surface area contributed by atoms with Crippen LogP contribution in [0.25, 0.3) is 0 Å². The first-order valence-electron chi connectivity index (χ1n) is 9.97. The van der Waals surface area contributed by atoms with Gasteiger partial charge in [0.15, 0.2) is 23.9 Å². The molecule has 2 aromatic carbocycles. The third-order valence-corrected chi connectivity index (χ3v) is 5.21. The molecule has 0 bridgehead atoms. The number of aryl methyl sites for hydroxylation is 2. The number of rotatable bonds is 7. The largest absolute Gasteiger partial charge is 0.455 e. The fourth-order valence-corrected chi connectivity index (χ4v) is 3.53. The van der Waals surface area contributed by atoms with Crippen LogP contribution in [0.3, 0.4) is 0 Å². The van der Waals surface area contributed by atoms with Gasteiger partial charge in [-0.2, -0.15) is 0 Å². The molecule has 1 aliphatic carbocycles. The third kappa shape index (κ3) is 4.62. The van der Waals surface area contributed by atoms with E-state index in [1.807, 2.05) is 18.2 Å². The average molecular weight is 409 g/mol. The highest BCUT2D eigenvalue weighted by molar-refractivity contribution is 5.99. The Balaban J connectivity index is 1.25. The van der Waals surface area contributed by atoms with Gasteiger partial charge in [0, 0.05) is 11.1 Å². The summed E-state index contributed by atoms with van der Waals surface area (Å²) in [6, 6.07) is 11.1. The van der Waals surface area contributed by atoms with Gasteiger partial charge in [-0.3, -0.25) is 4.79 Å². The van der Waals surface area contributed by atoms with Crippen molar-refractivity contribution in [3.8, 4) is 11.5 Å². The summed E-state index contributed by atoms with van der Waals surface area (Å²) in [5.41, 5.74) is 4.46. The smallest absolute Gasteiger partial charge is 0.347 e. The van der Waals surface area contributed by atoms with E-state index in [1.165, 1.54) is 17.5 Å². The molecule has 0 amide bonds. The highest BCUT2D eigenvalue weighted by Gasteiger charge is 2.16. The summed E-state index contributed by atoms with van der Waals surface area (Å²) < 4.78 is 15.6. The van der Waals surface area contributed by atoms with Crippen molar-refractivity contribution < 1.29 is 28.6 Å². The summed E-state index contributed by atoms with van der Waals surface area (Å²) in [6.07, 6.45) is 4.38. The Labute approximate surface area is 174 Å². The number of benzene rings is 2. The SMILES string of the molecule is C/C(=N\OCC(=O)OCC(=O)c1ccc2c(c1)CCCC2)c1ccc2c(c1)OCO2. The molecule has 30 heavy (non-hydrogen) atoms. The number of carbonyl (C=O) groups is 2. The second kappa shape index (κ2) is 8.98. The first-order valence-corrected chi connectivity index (χ1v) is 9.97. The van der Waals surface area contributed by atoms with Crippen molar-refractivity contribution in [3.05, 3.63) is 58.7 Å². The van der Waals surface area contributed by atoms with Crippen LogP contribution in [0.1, 0.15) is 46.8 Å². The van der Waals surface area contributed by atoms with E-state index in [0.717, 1.165) is 24.8 Å². The zero-order valence-electron chi connectivity index (χ0n) is 16.8. The zero-order valence-corrected chi connectivity index (χ0v) is 16.8. The summed E-state index contributed by atoms with van der Waals surface area (Å²) in [6.45, 7) is 1.26. The summed E-state index contributed by atoms with van der Waals surface area (Å²) in [5.74, 6) is 0.446. The number of hydrogen-bond acceptors (Lipinski definition) is 7. The number of fused-ring (bicyclic) bond motifs is 2. The summed E-state index contributed by atoms with van der Waals surface area (Å²) >= 11 is 0. The molecule has 1 aliphatic heterocycles.